The van der Waals surface area contributed by atoms with Crippen molar-refractivity contribution in [3.63, 3.8) is 0 Å². The number of methoxy groups -OCH3 is 1. The number of hydrogen-bond acceptors (Lipinski definition) is 1. The maximum Gasteiger partial charge on any atom is 0.0546 e. The summed E-state index contributed by atoms with van der Waals surface area (Å²) in [5.41, 5.74) is 2.75. The van der Waals surface area contributed by atoms with Crippen LogP contribution in [0.4, 0.5) is 0 Å². The summed E-state index contributed by atoms with van der Waals surface area (Å²) < 4.78 is 5.29. The van der Waals surface area contributed by atoms with Crippen LogP contribution in [0.2, 0.25) is 0 Å². The van der Waals surface area contributed by atoms with Crippen LogP contribution in [0.25, 0.3) is 0 Å². The van der Waals surface area contributed by atoms with Crippen molar-refractivity contribution >= 4 is 11.6 Å². The Balaban J connectivity index is 2.60. The van der Waals surface area contributed by atoms with E-state index in [4.69, 9.17) is 16.3 Å². The minimum Gasteiger partial charge on any atom is -0.382 e. The Hall–Kier alpha value is -0.530. The van der Waals surface area contributed by atoms with Crippen molar-refractivity contribution in [1.29, 1.82) is 0 Å². The Morgan fingerprint density at radius 3 is 2.56 bits per heavy atom. The highest BCUT2D eigenvalue weighted by Crippen LogP contribution is 2.19. The fraction of sp³-hybridized carbons (Fsp3) is 0.571. The number of halogens is 1. The first-order chi connectivity index (χ1) is 7.67. The topological polar surface area (TPSA) is 9.23 Å². The Kier molecular flexibility index (Phi) is 5.86. The highest BCUT2D eigenvalue weighted by Gasteiger charge is 2.13. The molecule has 0 fully saturated rings. The van der Waals surface area contributed by atoms with Crippen LogP contribution in [0.5, 0.6) is 0 Å². The molecule has 2 atom stereocenters. The summed E-state index contributed by atoms with van der Waals surface area (Å²) in [5, 5.41) is 0. The molecule has 0 radical (unpaired) electrons. The van der Waals surface area contributed by atoms with E-state index in [1.165, 1.54) is 11.1 Å². The second kappa shape index (κ2) is 6.93. The predicted octanol–water partition coefficient (Wildman–Crippen LogP) is 3.82. The molecule has 0 N–H and O–H groups in total. The molecule has 1 nitrogen and oxygen atoms in total. The molecule has 1 aromatic carbocycles. The fourth-order valence-corrected chi connectivity index (χ4v) is 2.15. The molecule has 0 saturated heterocycles. The first-order valence-electron chi connectivity index (χ1n) is 5.80. The van der Waals surface area contributed by atoms with Gasteiger partial charge in [0.25, 0.3) is 0 Å². The summed E-state index contributed by atoms with van der Waals surface area (Å²) in [6.45, 7) is 4.25. The lowest BCUT2D eigenvalue weighted by atomic mass is 9.93. The molecule has 2 unspecified atom stereocenters. The molecule has 0 saturated carbocycles. The van der Waals surface area contributed by atoms with Gasteiger partial charge in [0.2, 0.25) is 0 Å². The van der Waals surface area contributed by atoms with E-state index in [9.17, 15) is 0 Å². The molecule has 0 bridgehead atoms. The van der Waals surface area contributed by atoms with Gasteiger partial charge in [0.15, 0.2) is 0 Å². The van der Waals surface area contributed by atoms with Crippen LogP contribution < -0.4 is 0 Å². The zero-order valence-electron chi connectivity index (χ0n) is 10.4. The molecule has 2 heteroatoms. The normalized spacial score (nSPS) is 14.8. The number of hydrogen-bond donors (Lipinski definition) is 0. The third kappa shape index (κ3) is 4.15. The highest BCUT2D eigenvalue weighted by molar-refractivity contribution is 6.18. The monoisotopic (exact) mass is 240 g/mol. The van der Waals surface area contributed by atoms with Crippen LogP contribution >= 0.6 is 11.6 Å². The number of alkyl halides is 1. The number of rotatable bonds is 6. The average Bonchev–Trinajstić information content (AvgIpc) is 2.30. The molecule has 0 aromatic heterocycles. The summed E-state index contributed by atoms with van der Waals surface area (Å²) in [5.74, 6) is 1.19. The summed E-state index contributed by atoms with van der Waals surface area (Å²) in [6.07, 6.45) is 2.35. The van der Waals surface area contributed by atoms with Crippen molar-refractivity contribution in [3.05, 3.63) is 35.4 Å². The third-order valence-corrected chi connectivity index (χ3v) is 3.49. The number of ether oxygens (including phenoxy) is 1. The maximum absolute atomic E-state index is 6.02. The zero-order valence-corrected chi connectivity index (χ0v) is 11.1. The smallest absolute Gasteiger partial charge is 0.0546 e. The van der Waals surface area contributed by atoms with Gasteiger partial charge in [0, 0.05) is 13.0 Å². The van der Waals surface area contributed by atoms with E-state index in [-0.39, 0.29) is 6.10 Å². The quantitative estimate of drug-likeness (QED) is 0.687. The number of aryl methyl sites for hydroxylation is 1. The van der Waals surface area contributed by atoms with Gasteiger partial charge in [-0.25, -0.2) is 0 Å². The Morgan fingerprint density at radius 2 is 2.00 bits per heavy atom. The Bertz CT molecular complexity index is 311. The summed E-state index contributed by atoms with van der Waals surface area (Å²) in [4.78, 5) is 0. The molecule has 90 valence electrons. The van der Waals surface area contributed by atoms with Crippen LogP contribution in [-0.4, -0.2) is 19.1 Å². The van der Waals surface area contributed by atoms with Gasteiger partial charge >= 0.3 is 0 Å². The van der Waals surface area contributed by atoms with Gasteiger partial charge in [-0.1, -0.05) is 24.3 Å². The SMILES string of the molecule is COC(C)CC(CCl)Cc1ccccc1C. The summed E-state index contributed by atoms with van der Waals surface area (Å²) in [7, 11) is 1.75. The number of benzene rings is 1. The van der Waals surface area contributed by atoms with Gasteiger partial charge in [-0.3, -0.25) is 0 Å². The van der Waals surface area contributed by atoms with Gasteiger partial charge in [-0.05, 0) is 43.7 Å². The largest absolute Gasteiger partial charge is 0.382 e. The predicted molar refractivity (Wildman–Crippen MR) is 70.2 cm³/mol. The molecular weight excluding hydrogens is 220 g/mol. The van der Waals surface area contributed by atoms with Crippen molar-refractivity contribution in [3.8, 4) is 0 Å². The molecule has 0 spiro atoms. The standard InChI is InChI=1S/C14H21ClO/c1-11-6-4-5-7-14(11)9-13(10-15)8-12(2)16-3/h4-7,12-13H,8-10H2,1-3H3. The van der Waals surface area contributed by atoms with Crippen LogP contribution in [0.3, 0.4) is 0 Å². The van der Waals surface area contributed by atoms with Gasteiger partial charge in [0.1, 0.15) is 0 Å². The second-order valence-electron chi connectivity index (χ2n) is 4.43. The van der Waals surface area contributed by atoms with E-state index in [1.54, 1.807) is 7.11 Å². The van der Waals surface area contributed by atoms with Crippen molar-refractivity contribution < 1.29 is 4.74 Å². The fourth-order valence-electron chi connectivity index (χ4n) is 1.92. The van der Waals surface area contributed by atoms with E-state index in [1.807, 2.05) is 0 Å². The molecule has 0 aliphatic rings. The van der Waals surface area contributed by atoms with Crippen LogP contribution in [0.15, 0.2) is 24.3 Å². The summed E-state index contributed by atoms with van der Waals surface area (Å²) in [6, 6.07) is 8.51. The van der Waals surface area contributed by atoms with Gasteiger partial charge in [-0.2, -0.15) is 0 Å². The lowest BCUT2D eigenvalue weighted by Crippen LogP contribution is -2.16. The highest BCUT2D eigenvalue weighted by atomic mass is 35.5. The molecule has 0 aliphatic heterocycles. The molecule has 0 heterocycles. The zero-order chi connectivity index (χ0) is 12.0. The first kappa shape index (κ1) is 13.5. The molecular formula is C14H21ClO. The lowest BCUT2D eigenvalue weighted by Gasteiger charge is -2.18. The summed E-state index contributed by atoms with van der Waals surface area (Å²) >= 11 is 6.02. The van der Waals surface area contributed by atoms with Crippen LogP contribution in [0, 0.1) is 12.8 Å². The van der Waals surface area contributed by atoms with Crippen LogP contribution in [-0.2, 0) is 11.2 Å². The van der Waals surface area contributed by atoms with Gasteiger partial charge in [0.05, 0.1) is 6.10 Å². The first-order valence-corrected chi connectivity index (χ1v) is 6.34. The Labute approximate surface area is 104 Å². The van der Waals surface area contributed by atoms with E-state index in [2.05, 4.69) is 38.1 Å². The van der Waals surface area contributed by atoms with Gasteiger partial charge < -0.3 is 4.74 Å². The van der Waals surface area contributed by atoms with E-state index in [0.717, 1.165) is 12.8 Å². The Morgan fingerprint density at radius 1 is 1.31 bits per heavy atom. The molecule has 16 heavy (non-hydrogen) atoms. The lowest BCUT2D eigenvalue weighted by molar-refractivity contribution is 0.0978. The van der Waals surface area contributed by atoms with Crippen molar-refractivity contribution in [1.82, 2.24) is 0 Å². The average molecular weight is 241 g/mol. The molecule has 1 aromatic rings. The maximum atomic E-state index is 6.02. The van der Waals surface area contributed by atoms with E-state index >= 15 is 0 Å². The second-order valence-corrected chi connectivity index (χ2v) is 4.74. The van der Waals surface area contributed by atoms with E-state index < -0.39 is 0 Å². The van der Waals surface area contributed by atoms with Crippen LogP contribution in [0.1, 0.15) is 24.5 Å². The van der Waals surface area contributed by atoms with E-state index in [0.29, 0.717) is 11.8 Å². The molecule has 0 aliphatic carbocycles. The van der Waals surface area contributed by atoms with Gasteiger partial charge in [-0.15, -0.1) is 11.6 Å². The van der Waals surface area contributed by atoms with Crippen molar-refractivity contribution in [2.45, 2.75) is 32.8 Å². The third-order valence-electron chi connectivity index (χ3n) is 3.06. The molecule has 0 amide bonds. The minimum atomic E-state index is 0.285. The van der Waals surface area contributed by atoms with Crippen molar-refractivity contribution in [2.75, 3.05) is 13.0 Å². The minimum absolute atomic E-state index is 0.285. The van der Waals surface area contributed by atoms with Crippen molar-refractivity contribution in [2.24, 2.45) is 5.92 Å². The molecule has 1 rings (SSSR count).